The van der Waals surface area contributed by atoms with Crippen molar-refractivity contribution in [3.63, 3.8) is 0 Å². The number of hydrogen-bond acceptors (Lipinski definition) is 2. The van der Waals surface area contributed by atoms with Gasteiger partial charge < -0.3 is 10.1 Å². The summed E-state index contributed by atoms with van der Waals surface area (Å²) in [6, 6.07) is 8.09. The quantitative estimate of drug-likeness (QED) is 0.770. The summed E-state index contributed by atoms with van der Waals surface area (Å²) in [6.45, 7) is 8.17. The second kappa shape index (κ2) is 6.33. The standard InChI is InChI=1S/C13H21NO/c1-4-11(3)10-14-12-8-6-7-9-13(12)15-5-2/h6-9,11,14H,4-5,10H2,1-3H3/t11-/m0/s1. The fourth-order valence-electron chi connectivity index (χ4n) is 1.32. The molecule has 15 heavy (non-hydrogen) atoms. The van der Waals surface area contributed by atoms with Crippen molar-refractivity contribution in [2.45, 2.75) is 27.2 Å². The van der Waals surface area contributed by atoms with E-state index in [4.69, 9.17) is 4.74 Å². The molecule has 0 aliphatic carbocycles. The van der Waals surface area contributed by atoms with Gasteiger partial charge in [0.25, 0.3) is 0 Å². The number of ether oxygens (including phenoxy) is 1. The van der Waals surface area contributed by atoms with Gasteiger partial charge in [0.15, 0.2) is 0 Å². The molecular formula is C13H21NO. The third kappa shape index (κ3) is 3.82. The molecule has 2 nitrogen and oxygen atoms in total. The Labute approximate surface area is 92.6 Å². The first kappa shape index (κ1) is 11.9. The van der Waals surface area contributed by atoms with Crippen LogP contribution in [-0.2, 0) is 0 Å². The Morgan fingerprint density at radius 1 is 1.27 bits per heavy atom. The van der Waals surface area contributed by atoms with Crippen molar-refractivity contribution in [3.05, 3.63) is 24.3 Å². The molecule has 0 aromatic heterocycles. The van der Waals surface area contributed by atoms with Crippen LogP contribution in [0.15, 0.2) is 24.3 Å². The molecule has 1 atom stereocenters. The molecule has 1 aromatic carbocycles. The number of rotatable bonds is 6. The van der Waals surface area contributed by atoms with E-state index in [1.807, 2.05) is 25.1 Å². The maximum Gasteiger partial charge on any atom is 0.142 e. The molecule has 1 rings (SSSR count). The highest BCUT2D eigenvalue weighted by molar-refractivity contribution is 5.56. The Kier molecular flexibility index (Phi) is 5.02. The highest BCUT2D eigenvalue weighted by Gasteiger charge is 2.03. The van der Waals surface area contributed by atoms with Crippen molar-refractivity contribution < 1.29 is 4.74 Å². The zero-order chi connectivity index (χ0) is 11.1. The van der Waals surface area contributed by atoms with E-state index in [1.54, 1.807) is 0 Å². The van der Waals surface area contributed by atoms with Crippen LogP contribution in [0, 0.1) is 5.92 Å². The fourth-order valence-corrected chi connectivity index (χ4v) is 1.32. The molecule has 0 unspecified atom stereocenters. The van der Waals surface area contributed by atoms with Gasteiger partial charge in [0.1, 0.15) is 5.75 Å². The van der Waals surface area contributed by atoms with E-state index in [9.17, 15) is 0 Å². The number of nitrogens with one attached hydrogen (secondary N) is 1. The molecule has 1 N–H and O–H groups in total. The molecule has 2 heteroatoms. The van der Waals surface area contributed by atoms with Crippen LogP contribution in [-0.4, -0.2) is 13.2 Å². The molecule has 1 aromatic rings. The molecule has 0 heterocycles. The van der Waals surface area contributed by atoms with E-state index < -0.39 is 0 Å². The van der Waals surface area contributed by atoms with Crippen molar-refractivity contribution in [2.24, 2.45) is 5.92 Å². The van der Waals surface area contributed by atoms with Gasteiger partial charge in [-0.05, 0) is 25.0 Å². The molecule has 0 aliphatic heterocycles. The van der Waals surface area contributed by atoms with Gasteiger partial charge in [-0.2, -0.15) is 0 Å². The lowest BCUT2D eigenvalue weighted by molar-refractivity contribution is 0.341. The maximum atomic E-state index is 5.54. The monoisotopic (exact) mass is 207 g/mol. The Morgan fingerprint density at radius 2 is 2.00 bits per heavy atom. The lowest BCUT2D eigenvalue weighted by Gasteiger charge is -2.14. The van der Waals surface area contributed by atoms with Crippen LogP contribution in [0.2, 0.25) is 0 Å². The van der Waals surface area contributed by atoms with Gasteiger partial charge >= 0.3 is 0 Å². The van der Waals surface area contributed by atoms with Gasteiger partial charge in [0, 0.05) is 6.54 Å². The van der Waals surface area contributed by atoms with Crippen LogP contribution in [0.5, 0.6) is 5.75 Å². The van der Waals surface area contributed by atoms with Gasteiger partial charge in [-0.15, -0.1) is 0 Å². The summed E-state index contributed by atoms with van der Waals surface area (Å²) in [5, 5.41) is 3.42. The maximum absolute atomic E-state index is 5.54. The highest BCUT2D eigenvalue weighted by atomic mass is 16.5. The number of benzene rings is 1. The molecule has 0 radical (unpaired) electrons. The third-order valence-corrected chi connectivity index (χ3v) is 2.52. The van der Waals surface area contributed by atoms with Crippen molar-refractivity contribution in [1.82, 2.24) is 0 Å². The molecule has 0 saturated carbocycles. The average molecular weight is 207 g/mol. The third-order valence-electron chi connectivity index (χ3n) is 2.52. The molecule has 0 aliphatic rings. The minimum Gasteiger partial charge on any atom is -0.492 e. The summed E-state index contributed by atoms with van der Waals surface area (Å²) in [6.07, 6.45) is 1.20. The lowest BCUT2D eigenvalue weighted by atomic mass is 10.1. The number of anilines is 1. The summed E-state index contributed by atoms with van der Waals surface area (Å²) >= 11 is 0. The summed E-state index contributed by atoms with van der Waals surface area (Å²) in [4.78, 5) is 0. The first-order valence-corrected chi connectivity index (χ1v) is 5.73. The van der Waals surface area contributed by atoms with Gasteiger partial charge in [0.05, 0.1) is 12.3 Å². The van der Waals surface area contributed by atoms with E-state index in [-0.39, 0.29) is 0 Å². The lowest BCUT2D eigenvalue weighted by Crippen LogP contribution is -2.11. The summed E-state index contributed by atoms with van der Waals surface area (Å²) < 4.78 is 5.54. The minimum absolute atomic E-state index is 0.694. The smallest absolute Gasteiger partial charge is 0.142 e. The van der Waals surface area contributed by atoms with Crippen LogP contribution in [0.25, 0.3) is 0 Å². The van der Waals surface area contributed by atoms with Crippen LogP contribution in [0.4, 0.5) is 5.69 Å². The van der Waals surface area contributed by atoms with Crippen molar-refractivity contribution >= 4 is 5.69 Å². The molecular weight excluding hydrogens is 186 g/mol. The number of hydrogen-bond donors (Lipinski definition) is 1. The highest BCUT2D eigenvalue weighted by Crippen LogP contribution is 2.23. The zero-order valence-corrected chi connectivity index (χ0v) is 9.92. The molecule has 0 spiro atoms. The summed E-state index contributed by atoms with van der Waals surface area (Å²) in [7, 11) is 0. The Hall–Kier alpha value is -1.18. The second-order valence-electron chi connectivity index (χ2n) is 3.82. The van der Waals surface area contributed by atoms with E-state index in [2.05, 4.69) is 25.2 Å². The predicted molar refractivity (Wildman–Crippen MR) is 65.6 cm³/mol. The topological polar surface area (TPSA) is 21.3 Å². The van der Waals surface area contributed by atoms with Crippen molar-refractivity contribution in [3.8, 4) is 5.75 Å². The van der Waals surface area contributed by atoms with Crippen LogP contribution < -0.4 is 10.1 Å². The van der Waals surface area contributed by atoms with E-state index in [0.29, 0.717) is 12.5 Å². The van der Waals surface area contributed by atoms with Crippen molar-refractivity contribution in [1.29, 1.82) is 0 Å². The van der Waals surface area contributed by atoms with E-state index in [0.717, 1.165) is 18.0 Å². The van der Waals surface area contributed by atoms with Crippen LogP contribution in [0.3, 0.4) is 0 Å². The summed E-state index contributed by atoms with van der Waals surface area (Å²) in [5.41, 5.74) is 1.10. The summed E-state index contributed by atoms with van der Waals surface area (Å²) in [5.74, 6) is 1.64. The van der Waals surface area contributed by atoms with Gasteiger partial charge in [-0.1, -0.05) is 32.4 Å². The molecule has 0 bridgehead atoms. The second-order valence-corrected chi connectivity index (χ2v) is 3.82. The first-order valence-electron chi connectivity index (χ1n) is 5.73. The van der Waals surface area contributed by atoms with E-state index >= 15 is 0 Å². The molecule has 0 saturated heterocycles. The van der Waals surface area contributed by atoms with Crippen LogP contribution in [0.1, 0.15) is 27.2 Å². The van der Waals surface area contributed by atoms with Crippen molar-refractivity contribution in [2.75, 3.05) is 18.5 Å². The Morgan fingerprint density at radius 3 is 2.67 bits per heavy atom. The van der Waals surface area contributed by atoms with Gasteiger partial charge in [-0.3, -0.25) is 0 Å². The van der Waals surface area contributed by atoms with Crippen LogP contribution >= 0.6 is 0 Å². The normalized spacial score (nSPS) is 12.2. The predicted octanol–water partition coefficient (Wildman–Crippen LogP) is 3.54. The zero-order valence-electron chi connectivity index (χ0n) is 9.92. The molecule has 0 fully saturated rings. The van der Waals surface area contributed by atoms with E-state index in [1.165, 1.54) is 6.42 Å². The van der Waals surface area contributed by atoms with Gasteiger partial charge in [0.2, 0.25) is 0 Å². The Bertz CT molecular complexity index is 286. The first-order chi connectivity index (χ1) is 7.27. The SMILES string of the molecule is CCOc1ccccc1NC[C@@H](C)CC. The Balaban J connectivity index is 2.58. The minimum atomic E-state index is 0.694. The van der Waals surface area contributed by atoms with Gasteiger partial charge in [-0.25, -0.2) is 0 Å². The molecule has 84 valence electrons. The number of para-hydroxylation sites is 2. The molecule has 0 amide bonds. The fraction of sp³-hybridized carbons (Fsp3) is 0.538. The largest absolute Gasteiger partial charge is 0.492 e. The average Bonchev–Trinajstić information content (AvgIpc) is 2.28.